The van der Waals surface area contributed by atoms with Gasteiger partial charge in [-0.05, 0) is 36.3 Å². The van der Waals surface area contributed by atoms with E-state index < -0.39 is 58.8 Å². The molecule has 20 heteroatoms. The monoisotopic (exact) mass is 784 g/mol. The number of nitrogens with zero attached hydrogens (tertiary/aromatic N) is 4. The number of fused-ring (bicyclic) bond motifs is 1. The Bertz CT molecular complexity index is 2020. The average Bonchev–Trinajstić information content (AvgIpc) is 3.55. The molecule has 3 heterocycles. The smallest absolute Gasteiger partial charge is 0.352 e. The number of imide groups is 1. The molecule has 0 radical (unpaired) electrons. The number of aliphatic carboxylic acids is 1. The normalized spacial score (nSPS) is 18.2. The number of carboxylic acid groups (broad SMARTS) is 1. The van der Waals surface area contributed by atoms with E-state index in [4.69, 9.17) is 14.2 Å². The lowest BCUT2D eigenvalue weighted by molar-refractivity contribution is -0.192. The van der Waals surface area contributed by atoms with Gasteiger partial charge in [-0.3, -0.25) is 33.8 Å². The molecular weight excluding hydrogens is 753 g/mol. The van der Waals surface area contributed by atoms with E-state index in [2.05, 4.69) is 20.8 Å². The zero-order chi connectivity index (χ0) is 38.6. The number of carbonyl (C=O) groups is 7. The highest BCUT2D eigenvalue weighted by Gasteiger charge is 2.67. The number of amides is 5. The van der Waals surface area contributed by atoms with Crippen LogP contribution in [0.15, 0.2) is 64.1 Å². The summed E-state index contributed by atoms with van der Waals surface area (Å²) < 4.78 is 16.4. The first kappa shape index (κ1) is 38.9. The number of hydrogen-bond acceptors (Lipinski definition) is 15. The summed E-state index contributed by atoms with van der Waals surface area (Å²) in [5.41, 5.74) is -1.58. The lowest BCUT2D eigenvalue weighted by atomic mass is 9.97. The van der Waals surface area contributed by atoms with E-state index in [0.717, 1.165) is 36.9 Å². The van der Waals surface area contributed by atoms with Crippen molar-refractivity contribution in [3.63, 3.8) is 0 Å². The number of aryl methyl sites for hydroxylation is 1. The van der Waals surface area contributed by atoms with Crippen molar-refractivity contribution in [1.29, 1.82) is 0 Å². The third kappa shape index (κ3) is 8.19. The maximum Gasteiger partial charge on any atom is 0.352 e. The Morgan fingerprint density at radius 1 is 1.06 bits per heavy atom. The third-order valence-electron chi connectivity index (χ3n) is 7.79. The van der Waals surface area contributed by atoms with Crippen molar-refractivity contribution >= 4 is 76.5 Å². The number of carbonyl (C=O) groups excluding carboxylic acids is 6. The molecule has 3 atom stereocenters. The van der Waals surface area contributed by atoms with Crippen LogP contribution in [0.5, 0.6) is 11.5 Å². The Labute approximate surface area is 314 Å². The maximum atomic E-state index is 14.0. The third-order valence-corrected chi connectivity index (χ3v) is 11.2. The Balaban J connectivity index is 1.36. The number of methoxy groups -OCH3 is 1. The predicted molar refractivity (Wildman–Crippen MR) is 190 cm³/mol. The Hall–Kier alpha value is -5.31. The molecule has 1 fully saturated rings. The minimum absolute atomic E-state index is 0.123. The number of nitrogens with one attached hydrogen (secondary N) is 2. The molecule has 2 aliphatic heterocycles. The van der Waals surface area contributed by atoms with Gasteiger partial charge < -0.3 is 30.0 Å². The van der Waals surface area contributed by atoms with Crippen LogP contribution in [0, 0.1) is 6.92 Å². The molecule has 1 saturated heterocycles. The highest BCUT2D eigenvalue weighted by atomic mass is 32.2. The SMILES string of the molecule is CO[C@@]1(NC(=O)C(NC(=O)N(C)C(=O)c2ccc(OC(C)=O)c(OC(C)=O)c2)c2ccccc2)C(=O)N2C(C(=O)O)=C(CSc3nnc(C)s3)CS[C@H]21. The number of hydrogen-bond donors (Lipinski definition) is 3. The van der Waals surface area contributed by atoms with E-state index >= 15 is 0 Å². The fourth-order valence-electron chi connectivity index (χ4n) is 5.36. The van der Waals surface area contributed by atoms with Crippen molar-refractivity contribution in [2.24, 2.45) is 0 Å². The molecule has 5 rings (SSSR count). The topological polar surface area (TPSA) is 224 Å². The van der Waals surface area contributed by atoms with E-state index in [1.165, 1.54) is 54.1 Å². The van der Waals surface area contributed by atoms with Gasteiger partial charge in [0.15, 0.2) is 15.8 Å². The van der Waals surface area contributed by atoms with Gasteiger partial charge in [-0.1, -0.05) is 53.4 Å². The van der Waals surface area contributed by atoms with Crippen LogP contribution >= 0.6 is 34.9 Å². The molecule has 0 saturated carbocycles. The Kier molecular flexibility index (Phi) is 11.9. The molecule has 0 spiro atoms. The van der Waals surface area contributed by atoms with Crippen molar-refractivity contribution < 1.29 is 52.9 Å². The number of esters is 2. The summed E-state index contributed by atoms with van der Waals surface area (Å²) >= 11 is 3.85. The van der Waals surface area contributed by atoms with Gasteiger partial charge in [-0.15, -0.1) is 22.0 Å². The summed E-state index contributed by atoms with van der Waals surface area (Å²) in [6.45, 7) is 4.04. The molecule has 0 bridgehead atoms. The van der Waals surface area contributed by atoms with E-state index in [1.54, 1.807) is 37.3 Å². The number of ether oxygens (including phenoxy) is 3. The van der Waals surface area contributed by atoms with Gasteiger partial charge in [0.05, 0.1) is 0 Å². The second-order valence-corrected chi connectivity index (χ2v) is 14.9. The first-order chi connectivity index (χ1) is 25.2. The van der Waals surface area contributed by atoms with E-state index in [-0.39, 0.29) is 39.8 Å². The van der Waals surface area contributed by atoms with Gasteiger partial charge in [-0.2, -0.15) is 0 Å². The largest absolute Gasteiger partial charge is 0.477 e. The minimum atomic E-state index is -1.99. The van der Waals surface area contributed by atoms with Gasteiger partial charge in [0.2, 0.25) is 5.91 Å². The highest BCUT2D eigenvalue weighted by molar-refractivity contribution is 8.01. The molecule has 1 aromatic heterocycles. The van der Waals surface area contributed by atoms with Crippen LogP contribution in [0.4, 0.5) is 4.79 Å². The molecule has 17 nitrogen and oxygen atoms in total. The molecule has 5 amide bonds. The number of urea groups is 1. The standard InChI is InChI=1S/C33H32N6O11S3/c1-16-36-37-32(53-16)52-15-21-14-51-30-33(48-5,29(46)39(30)25(21)28(44)45)35-26(42)24(19-9-7-6-8-10-19)34-31(47)38(4)27(43)20-11-12-22(49-17(2)40)23(13-20)50-18(3)41/h6-13,24,30H,14-15H2,1-5H3,(H,34,47)(H,35,42)(H,44,45)/t24?,30-,33-/m0/s1. The van der Waals surface area contributed by atoms with E-state index in [0.29, 0.717) is 14.8 Å². The van der Waals surface area contributed by atoms with Crippen molar-refractivity contribution in [2.45, 2.75) is 42.3 Å². The van der Waals surface area contributed by atoms with Gasteiger partial charge in [0.1, 0.15) is 22.1 Å². The van der Waals surface area contributed by atoms with Gasteiger partial charge in [-0.25, -0.2) is 9.59 Å². The van der Waals surface area contributed by atoms with Gasteiger partial charge >= 0.3 is 23.9 Å². The van der Waals surface area contributed by atoms with Crippen LogP contribution in [-0.4, -0.2) is 104 Å². The van der Waals surface area contributed by atoms with E-state index in [1.807, 2.05) is 0 Å². The maximum absolute atomic E-state index is 14.0. The lowest BCUT2D eigenvalue weighted by Crippen LogP contribution is -2.81. The number of thioether (sulfide) groups is 2. The van der Waals surface area contributed by atoms with Crippen LogP contribution in [0.2, 0.25) is 0 Å². The zero-order valence-corrected chi connectivity index (χ0v) is 31.2. The quantitative estimate of drug-likeness (QED) is 0.0790. The second-order valence-electron chi connectivity index (χ2n) is 11.4. The van der Waals surface area contributed by atoms with Crippen LogP contribution < -0.4 is 20.1 Å². The van der Waals surface area contributed by atoms with Crippen molar-refractivity contribution in [1.82, 2.24) is 30.6 Å². The summed E-state index contributed by atoms with van der Waals surface area (Å²) in [5, 5.41) is 23.1. The van der Waals surface area contributed by atoms with Crippen LogP contribution in [0.1, 0.15) is 40.8 Å². The van der Waals surface area contributed by atoms with Gasteiger partial charge in [0, 0.05) is 45.1 Å². The number of rotatable bonds is 12. The molecule has 3 aromatic rings. The first-order valence-electron chi connectivity index (χ1n) is 15.5. The Morgan fingerprint density at radius 3 is 2.34 bits per heavy atom. The summed E-state index contributed by atoms with van der Waals surface area (Å²) in [6, 6.07) is 9.09. The molecule has 2 aromatic carbocycles. The highest BCUT2D eigenvalue weighted by Crippen LogP contribution is 2.47. The zero-order valence-electron chi connectivity index (χ0n) is 28.7. The summed E-state index contributed by atoms with van der Waals surface area (Å²) in [7, 11) is 2.34. The summed E-state index contributed by atoms with van der Waals surface area (Å²) in [4.78, 5) is 92.1. The number of β-lactam (4-membered cyclic amide) rings is 1. The molecule has 3 N–H and O–H groups in total. The average molecular weight is 785 g/mol. The minimum Gasteiger partial charge on any atom is -0.477 e. The summed E-state index contributed by atoms with van der Waals surface area (Å²) in [5.74, 6) is -5.31. The number of benzene rings is 2. The molecule has 278 valence electrons. The molecular formula is C33H32N6O11S3. The van der Waals surface area contributed by atoms with Crippen molar-refractivity contribution in [3.05, 3.63) is 75.9 Å². The van der Waals surface area contributed by atoms with Gasteiger partial charge in [0.25, 0.3) is 17.5 Å². The van der Waals surface area contributed by atoms with Crippen molar-refractivity contribution in [2.75, 3.05) is 25.7 Å². The van der Waals surface area contributed by atoms with Crippen LogP contribution in [-0.2, 0) is 28.7 Å². The van der Waals surface area contributed by atoms with E-state index in [9.17, 15) is 38.7 Å². The Morgan fingerprint density at radius 2 is 1.74 bits per heavy atom. The second kappa shape index (κ2) is 16.1. The van der Waals surface area contributed by atoms with Crippen LogP contribution in [0.25, 0.3) is 0 Å². The number of carboxylic acids is 1. The summed E-state index contributed by atoms with van der Waals surface area (Å²) in [6.07, 6.45) is 0. The molecule has 0 aliphatic carbocycles. The molecule has 2 aliphatic rings. The first-order valence-corrected chi connectivity index (χ1v) is 18.4. The predicted octanol–water partition coefficient (Wildman–Crippen LogP) is 2.73. The fraction of sp³-hybridized carbons (Fsp3) is 0.303. The molecule has 1 unspecified atom stereocenters. The molecule has 53 heavy (non-hydrogen) atoms. The fourth-order valence-corrected chi connectivity index (χ4v) is 8.76. The number of aromatic nitrogens is 2. The van der Waals surface area contributed by atoms with Crippen molar-refractivity contribution in [3.8, 4) is 11.5 Å². The van der Waals surface area contributed by atoms with Crippen LogP contribution in [0.3, 0.4) is 0 Å². The lowest BCUT2D eigenvalue weighted by Gasteiger charge is -2.56.